The molecule has 0 amide bonds. The molecule has 1 aromatic carbocycles. The minimum atomic E-state index is -0.0994. The van der Waals surface area contributed by atoms with Gasteiger partial charge in [0, 0.05) is 24.3 Å². The molecule has 1 fully saturated rings. The van der Waals surface area contributed by atoms with Crippen molar-refractivity contribution >= 4 is 5.69 Å². The molecule has 1 N–H and O–H groups in total. The summed E-state index contributed by atoms with van der Waals surface area (Å²) >= 11 is 0. The summed E-state index contributed by atoms with van der Waals surface area (Å²) in [6.07, 6.45) is 1.20. The largest absolute Gasteiger partial charge is 0.371 e. The molecule has 1 unspecified atom stereocenters. The van der Waals surface area contributed by atoms with Crippen LogP contribution < -0.4 is 10.2 Å². The molecule has 1 aliphatic heterocycles. The van der Waals surface area contributed by atoms with Crippen LogP contribution in [0.4, 0.5) is 10.1 Å². The van der Waals surface area contributed by atoms with E-state index in [1.54, 1.807) is 6.07 Å². The first-order valence-electron chi connectivity index (χ1n) is 6.43. The molecule has 1 aromatic rings. The van der Waals surface area contributed by atoms with Gasteiger partial charge >= 0.3 is 0 Å². The molecule has 2 nitrogen and oxygen atoms in total. The quantitative estimate of drug-likeness (QED) is 0.864. The van der Waals surface area contributed by atoms with Crippen molar-refractivity contribution in [3.8, 4) is 0 Å². The first-order chi connectivity index (χ1) is 8.22. The SMILES string of the molecule is CCNCC1CCN(c2cccc(F)c2C)C1. The molecule has 94 valence electrons. The Kier molecular flexibility index (Phi) is 4.00. The lowest BCUT2D eigenvalue weighted by molar-refractivity contribution is 0.527. The van der Waals surface area contributed by atoms with E-state index in [0.29, 0.717) is 5.92 Å². The van der Waals surface area contributed by atoms with Crippen molar-refractivity contribution in [2.75, 3.05) is 31.1 Å². The predicted octanol–water partition coefficient (Wildman–Crippen LogP) is 2.57. The monoisotopic (exact) mass is 236 g/mol. The van der Waals surface area contributed by atoms with Gasteiger partial charge in [-0.25, -0.2) is 4.39 Å². The van der Waals surface area contributed by atoms with Gasteiger partial charge in [0.1, 0.15) is 5.82 Å². The lowest BCUT2D eigenvalue weighted by Crippen LogP contribution is -2.26. The molecule has 17 heavy (non-hydrogen) atoms. The average molecular weight is 236 g/mol. The Labute approximate surface area is 103 Å². The Morgan fingerprint density at radius 1 is 1.47 bits per heavy atom. The van der Waals surface area contributed by atoms with Crippen LogP contribution in [-0.2, 0) is 0 Å². The molecule has 1 atom stereocenters. The van der Waals surface area contributed by atoms with Crippen LogP contribution in [0, 0.1) is 18.7 Å². The standard InChI is InChI=1S/C14H21FN2/c1-3-16-9-12-7-8-17(10-12)14-6-4-5-13(15)11(14)2/h4-6,12,16H,3,7-10H2,1-2H3. The molecule has 3 heteroatoms. The summed E-state index contributed by atoms with van der Waals surface area (Å²) in [6.45, 7) is 8.17. The molecule has 0 spiro atoms. The summed E-state index contributed by atoms with van der Waals surface area (Å²) < 4.78 is 13.5. The van der Waals surface area contributed by atoms with E-state index in [9.17, 15) is 4.39 Å². The molecule has 0 radical (unpaired) electrons. The van der Waals surface area contributed by atoms with Crippen LogP contribution in [0.3, 0.4) is 0 Å². The normalized spacial score (nSPS) is 19.9. The van der Waals surface area contributed by atoms with Crippen LogP contribution in [0.15, 0.2) is 18.2 Å². The lowest BCUT2D eigenvalue weighted by Gasteiger charge is -2.21. The van der Waals surface area contributed by atoms with E-state index in [0.717, 1.165) is 37.4 Å². The number of nitrogens with zero attached hydrogens (tertiary/aromatic N) is 1. The van der Waals surface area contributed by atoms with E-state index in [1.165, 1.54) is 12.5 Å². The third kappa shape index (κ3) is 2.78. The number of hydrogen-bond acceptors (Lipinski definition) is 2. The van der Waals surface area contributed by atoms with Crippen molar-refractivity contribution in [3.63, 3.8) is 0 Å². The van der Waals surface area contributed by atoms with E-state index >= 15 is 0 Å². The van der Waals surface area contributed by atoms with E-state index < -0.39 is 0 Å². The molecule has 1 saturated heterocycles. The molecule has 0 aromatic heterocycles. The minimum Gasteiger partial charge on any atom is -0.371 e. The number of nitrogens with one attached hydrogen (secondary N) is 1. The van der Waals surface area contributed by atoms with Crippen molar-refractivity contribution < 1.29 is 4.39 Å². The van der Waals surface area contributed by atoms with Gasteiger partial charge in [0.25, 0.3) is 0 Å². The number of anilines is 1. The van der Waals surface area contributed by atoms with Gasteiger partial charge in [0.15, 0.2) is 0 Å². The van der Waals surface area contributed by atoms with Crippen LogP contribution in [0.25, 0.3) is 0 Å². The Bertz CT molecular complexity index is 378. The highest BCUT2D eigenvalue weighted by molar-refractivity contribution is 5.54. The first-order valence-corrected chi connectivity index (χ1v) is 6.43. The van der Waals surface area contributed by atoms with Crippen LogP contribution in [0.5, 0.6) is 0 Å². The number of rotatable bonds is 4. The Morgan fingerprint density at radius 2 is 2.29 bits per heavy atom. The van der Waals surface area contributed by atoms with Gasteiger partial charge < -0.3 is 10.2 Å². The number of hydrogen-bond donors (Lipinski definition) is 1. The van der Waals surface area contributed by atoms with Gasteiger partial charge in [-0.15, -0.1) is 0 Å². The molecule has 0 saturated carbocycles. The smallest absolute Gasteiger partial charge is 0.128 e. The minimum absolute atomic E-state index is 0.0994. The van der Waals surface area contributed by atoms with Crippen LogP contribution >= 0.6 is 0 Å². The Morgan fingerprint density at radius 3 is 3.06 bits per heavy atom. The van der Waals surface area contributed by atoms with E-state index in [4.69, 9.17) is 0 Å². The maximum Gasteiger partial charge on any atom is 0.128 e. The lowest BCUT2D eigenvalue weighted by atomic mass is 10.1. The summed E-state index contributed by atoms with van der Waals surface area (Å²) in [5.74, 6) is 0.593. The summed E-state index contributed by atoms with van der Waals surface area (Å²) in [5.41, 5.74) is 1.83. The second kappa shape index (κ2) is 5.50. The summed E-state index contributed by atoms with van der Waals surface area (Å²) in [4.78, 5) is 2.31. The van der Waals surface area contributed by atoms with Crippen LogP contribution in [0.1, 0.15) is 18.9 Å². The van der Waals surface area contributed by atoms with Crippen LogP contribution in [0.2, 0.25) is 0 Å². The maximum atomic E-state index is 13.5. The number of halogens is 1. The molecule has 0 bridgehead atoms. The highest BCUT2D eigenvalue weighted by Crippen LogP contribution is 2.27. The molecule has 1 aliphatic rings. The van der Waals surface area contributed by atoms with Gasteiger partial charge in [0.05, 0.1) is 0 Å². The third-order valence-corrected chi connectivity index (χ3v) is 3.55. The zero-order chi connectivity index (χ0) is 12.3. The first kappa shape index (κ1) is 12.4. The second-order valence-electron chi connectivity index (χ2n) is 4.79. The topological polar surface area (TPSA) is 15.3 Å². The molecule has 0 aliphatic carbocycles. The highest BCUT2D eigenvalue weighted by Gasteiger charge is 2.23. The van der Waals surface area contributed by atoms with Gasteiger partial charge in [-0.05, 0) is 44.5 Å². The average Bonchev–Trinajstić information content (AvgIpc) is 2.78. The number of benzene rings is 1. The van der Waals surface area contributed by atoms with E-state index in [1.807, 2.05) is 13.0 Å². The van der Waals surface area contributed by atoms with Crippen molar-refractivity contribution in [2.24, 2.45) is 5.92 Å². The summed E-state index contributed by atoms with van der Waals surface area (Å²) in [6, 6.07) is 5.36. The Hall–Kier alpha value is -1.09. The second-order valence-corrected chi connectivity index (χ2v) is 4.79. The molecule has 2 rings (SSSR count). The fourth-order valence-corrected chi connectivity index (χ4v) is 2.51. The van der Waals surface area contributed by atoms with E-state index in [2.05, 4.69) is 17.1 Å². The molecule has 1 heterocycles. The fraction of sp³-hybridized carbons (Fsp3) is 0.571. The van der Waals surface area contributed by atoms with E-state index in [-0.39, 0.29) is 5.82 Å². The van der Waals surface area contributed by atoms with Crippen molar-refractivity contribution in [3.05, 3.63) is 29.6 Å². The maximum absolute atomic E-state index is 13.5. The summed E-state index contributed by atoms with van der Waals surface area (Å²) in [7, 11) is 0. The van der Waals surface area contributed by atoms with Gasteiger partial charge in [-0.3, -0.25) is 0 Å². The fourth-order valence-electron chi connectivity index (χ4n) is 2.51. The van der Waals surface area contributed by atoms with Gasteiger partial charge in [-0.1, -0.05) is 13.0 Å². The predicted molar refractivity (Wildman–Crippen MR) is 70.0 cm³/mol. The zero-order valence-electron chi connectivity index (χ0n) is 10.7. The van der Waals surface area contributed by atoms with Gasteiger partial charge in [-0.2, -0.15) is 0 Å². The molecular formula is C14H21FN2. The van der Waals surface area contributed by atoms with Crippen LogP contribution in [-0.4, -0.2) is 26.2 Å². The van der Waals surface area contributed by atoms with Gasteiger partial charge in [0.2, 0.25) is 0 Å². The zero-order valence-corrected chi connectivity index (χ0v) is 10.7. The summed E-state index contributed by atoms with van der Waals surface area (Å²) in [5, 5.41) is 3.39. The Balaban J connectivity index is 2.02. The van der Waals surface area contributed by atoms with Crippen molar-refractivity contribution in [2.45, 2.75) is 20.3 Å². The highest BCUT2D eigenvalue weighted by atomic mass is 19.1. The third-order valence-electron chi connectivity index (χ3n) is 3.55. The van der Waals surface area contributed by atoms with Crippen molar-refractivity contribution in [1.29, 1.82) is 0 Å². The molecular weight excluding hydrogens is 215 g/mol. The van der Waals surface area contributed by atoms with Crippen molar-refractivity contribution in [1.82, 2.24) is 5.32 Å².